The van der Waals surface area contributed by atoms with Crippen LogP contribution in [-0.2, 0) is 16.1 Å². The van der Waals surface area contributed by atoms with E-state index in [1.54, 1.807) is 12.5 Å². The van der Waals surface area contributed by atoms with Gasteiger partial charge in [0.2, 0.25) is 5.91 Å². The van der Waals surface area contributed by atoms with Crippen molar-refractivity contribution in [3.63, 3.8) is 0 Å². The summed E-state index contributed by atoms with van der Waals surface area (Å²) in [5, 5.41) is 9.51. The van der Waals surface area contributed by atoms with Gasteiger partial charge in [-0.1, -0.05) is 0 Å². The minimum Gasteiger partial charge on any atom is -0.481 e. The van der Waals surface area contributed by atoms with E-state index in [9.17, 15) is 14.7 Å². The zero-order valence-electron chi connectivity index (χ0n) is 11.5. The SMILES string of the molecule is CCn1cncc1C1C(C(=O)O)CCC(=O)N1C1CC1. The fourth-order valence-electron chi connectivity index (χ4n) is 3.15. The van der Waals surface area contributed by atoms with E-state index >= 15 is 0 Å². The van der Waals surface area contributed by atoms with Gasteiger partial charge in [-0.25, -0.2) is 4.98 Å². The highest BCUT2D eigenvalue weighted by Crippen LogP contribution is 2.43. The van der Waals surface area contributed by atoms with Gasteiger partial charge in [0.25, 0.3) is 0 Å². The summed E-state index contributed by atoms with van der Waals surface area (Å²) in [6.45, 7) is 2.72. The summed E-state index contributed by atoms with van der Waals surface area (Å²) in [6, 6.07) is -0.154. The minimum atomic E-state index is -0.822. The predicted molar refractivity (Wildman–Crippen MR) is 70.9 cm³/mol. The van der Waals surface area contributed by atoms with Crippen molar-refractivity contribution in [3.8, 4) is 0 Å². The third-order valence-corrected chi connectivity index (χ3v) is 4.28. The number of aryl methyl sites for hydroxylation is 1. The van der Waals surface area contributed by atoms with Crippen molar-refractivity contribution >= 4 is 11.9 Å². The van der Waals surface area contributed by atoms with Gasteiger partial charge in [-0.05, 0) is 26.2 Å². The van der Waals surface area contributed by atoms with Crippen molar-refractivity contribution in [2.45, 2.75) is 51.2 Å². The van der Waals surface area contributed by atoms with Crippen molar-refractivity contribution in [2.24, 2.45) is 5.92 Å². The van der Waals surface area contributed by atoms with Crippen LogP contribution in [0.3, 0.4) is 0 Å². The van der Waals surface area contributed by atoms with Gasteiger partial charge in [0.15, 0.2) is 0 Å². The number of aromatic nitrogens is 2. The van der Waals surface area contributed by atoms with E-state index in [4.69, 9.17) is 0 Å². The van der Waals surface area contributed by atoms with E-state index in [-0.39, 0.29) is 18.0 Å². The smallest absolute Gasteiger partial charge is 0.309 e. The maximum Gasteiger partial charge on any atom is 0.309 e. The van der Waals surface area contributed by atoms with E-state index in [0.717, 1.165) is 25.1 Å². The highest BCUT2D eigenvalue weighted by Gasteiger charge is 2.47. The highest BCUT2D eigenvalue weighted by atomic mass is 16.4. The van der Waals surface area contributed by atoms with Gasteiger partial charge in [0.1, 0.15) is 0 Å². The fourth-order valence-corrected chi connectivity index (χ4v) is 3.15. The summed E-state index contributed by atoms with van der Waals surface area (Å²) in [4.78, 5) is 29.8. The summed E-state index contributed by atoms with van der Waals surface area (Å²) in [5.41, 5.74) is 0.847. The fraction of sp³-hybridized carbons (Fsp3) is 0.643. The largest absolute Gasteiger partial charge is 0.481 e. The number of carboxylic acid groups (broad SMARTS) is 1. The predicted octanol–water partition coefficient (Wildman–Crippen LogP) is 1.43. The van der Waals surface area contributed by atoms with Crippen LogP contribution in [0.1, 0.15) is 44.3 Å². The van der Waals surface area contributed by atoms with Crippen LogP contribution in [0.25, 0.3) is 0 Å². The Bertz CT molecular complexity index is 536. The monoisotopic (exact) mass is 277 g/mol. The Morgan fingerprint density at radius 2 is 2.20 bits per heavy atom. The molecule has 0 bridgehead atoms. The number of carbonyl (C=O) groups excluding carboxylic acids is 1. The highest BCUT2D eigenvalue weighted by molar-refractivity contribution is 5.82. The van der Waals surface area contributed by atoms with Crippen LogP contribution in [-0.4, -0.2) is 37.5 Å². The normalized spacial score (nSPS) is 26.9. The molecule has 1 saturated carbocycles. The van der Waals surface area contributed by atoms with Crippen molar-refractivity contribution < 1.29 is 14.7 Å². The van der Waals surface area contributed by atoms with Gasteiger partial charge in [-0.3, -0.25) is 9.59 Å². The number of piperidine rings is 1. The number of rotatable bonds is 4. The van der Waals surface area contributed by atoms with Crippen molar-refractivity contribution in [1.82, 2.24) is 14.5 Å². The molecule has 6 nitrogen and oxygen atoms in total. The number of imidazole rings is 1. The molecule has 1 aliphatic heterocycles. The summed E-state index contributed by atoms with van der Waals surface area (Å²) >= 11 is 0. The molecule has 0 aromatic carbocycles. The van der Waals surface area contributed by atoms with Gasteiger partial charge in [0, 0.05) is 19.0 Å². The maximum atomic E-state index is 12.3. The molecular weight excluding hydrogens is 258 g/mol. The molecule has 2 atom stereocenters. The van der Waals surface area contributed by atoms with E-state index in [0.29, 0.717) is 12.8 Å². The summed E-state index contributed by atoms with van der Waals surface area (Å²) < 4.78 is 1.94. The first kappa shape index (κ1) is 13.1. The van der Waals surface area contributed by atoms with Gasteiger partial charge in [0.05, 0.1) is 30.2 Å². The molecule has 1 aliphatic carbocycles. The molecule has 2 fully saturated rings. The molecule has 0 spiro atoms. The molecule has 6 heteroatoms. The number of carboxylic acids is 1. The summed E-state index contributed by atoms with van der Waals surface area (Å²) in [5.74, 6) is -1.27. The van der Waals surface area contributed by atoms with Gasteiger partial charge in [-0.15, -0.1) is 0 Å². The van der Waals surface area contributed by atoms with Crippen molar-refractivity contribution in [1.29, 1.82) is 0 Å². The molecule has 1 saturated heterocycles. The standard InChI is InChI=1S/C14H19N3O3/c1-2-16-8-15-7-11(16)13-10(14(19)20)5-6-12(18)17(13)9-3-4-9/h7-10,13H,2-6H2,1H3,(H,19,20). The average Bonchev–Trinajstić information content (AvgIpc) is 3.14. The Morgan fingerprint density at radius 1 is 1.45 bits per heavy atom. The molecule has 0 radical (unpaired) electrons. The summed E-state index contributed by atoms with van der Waals surface area (Å²) in [7, 11) is 0. The zero-order chi connectivity index (χ0) is 14.3. The molecule has 1 amide bonds. The number of amides is 1. The second kappa shape index (κ2) is 4.92. The first-order valence-corrected chi connectivity index (χ1v) is 7.17. The average molecular weight is 277 g/mol. The first-order chi connectivity index (χ1) is 9.63. The molecule has 2 aliphatic rings. The quantitative estimate of drug-likeness (QED) is 0.903. The molecule has 3 rings (SSSR count). The lowest BCUT2D eigenvalue weighted by molar-refractivity contribution is -0.152. The van der Waals surface area contributed by atoms with E-state index < -0.39 is 11.9 Å². The third-order valence-electron chi connectivity index (χ3n) is 4.28. The summed E-state index contributed by atoms with van der Waals surface area (Å²) in [6.07, 6.45) is 6.13. The van der Waals surface area contributed by atoms with Gasteiger partial charge < -0.3 is 14.6 Å². The molecule has 1 N–H and O–H groups in total. The lowest BCUT2D eigenvalue weighted by atomic mass is 9.86. The molecule has 1 aromatic rings. The molecule has 108 valence electrons. The van der Waals surface area contributed by atoms with E-state index in [2.05, 4.69) is 4.98 Å². The molecule has 2 heterocycles. The van der Waals surface area contributed by atoms with Gasteiger partial charge in [-0.2, -0.15) is 0 Å². The van der Waals surface area contributed by atoms with E-state index in [1.807, 2.05) is 16.4 Å². The Hall–Kier alpha value is -1.85. The molecular formula is C14H19N3O3. The van der Waals surface area contributed by atoms with Crippen LogP contribution >= 0.6 is 0 Å². The first-order valence-electron chi connectivity index (χ1n) is 7.17. The number of likely N-dealkylation sites (tertiary alicyclic amines) is 1. The van der Waals surface area contributed by atoms with Crippen LogP contribution in [0, 0.1) is 5.92 Å². The number of nitrogens with zero attached hydrogens (tertiary/aromatic N) is 3. The molecule has 2 unspecified atom stereocenters. The van der Waals surface area contributed by atoms with Crippen molar-refractivity contribution in [2.75, 3.05) is 0 Å². The number of hydrogen-bond acceptors (Lipinski definition) is 3. The van der Waals surface area contributed by atoms with E-state index in [1.165, 1.54) is 0 Å². The lowest BCUT2D eigenvalue weighted by Crippen LogP contribution is -2.47. The minimum absolute atomic E-state index is 0.0823. The van der Waals surface area contributed by atoms with Crippen molar-refractivity contribution in [3.05, 3.63) is 18.2 Å². The Kier molecular flexibility index (Phi) is 3.23. The lowest BCUT2D eigenvalue weighted by Gasteiger charge is -2.40. The van der Waals surface area contributed by atoms with Crippen LogP contribution in [0.5, 0.6) is 0 Å². The Labute approximate surface area is 117 Å². The second-order valence-electron chi connectivity index (χ2n) is 5.56. The molecule has 1 aromatic heterocycles. The number of carbonyl (C=O) groups is 2. The second-order valence-corrected chi connectivity index (χ2v) is 5.56. The third kappa shape index (κ3) is 2.09. The van der Waals surface area contributed by atoms with Crippen LogP contribution in [0.15, 0.2) is 12.5 Å². The van der Waals surface area contributed by atoms with Crippen LogP contribution in [0.4, 0.5) is 0 Å². The topological polar surface area (TPSA) is 75.4 Å². The van der Waals surface area contributed by atoms with Crippen LogP contribution < -0.4 is 0 Å². The zero-order valence-corrected chi connectivity index (χ0v) is 11.5. The maximum absolute atomic E-state index is 12.3. The Balaban J connectivity index is 2.02. The Morgan fingerprint density at radius 3 is 2.80 bits per heavy atom. The van der Waals surface area contributed by atoms with Gasteiger partial charge >= 0.3 is 5.97 Å². The number of hydrogen-bond donors (Lipinski definition) is 1. The number of aliphatic carboxylic acids is 1. The molecule has 20 heavy (non-hydrogen) atoms. The van der Waals surface area contributed by atoms with Crippen LogP contribution in [0.2, 0.25) is 0 Å².